The van der Waals surface area contributed by atoms with Crippen LogP contribution in [0.15, 0.2) is 48.7 Å². The SMILES string of the molecule is CC(C)(C)[S+]([O-])N[C@]1(c2ncc(-c3ccc4nc5n(c4c3)[C@@H]3C[C@H]5NC(=O)c4cccc(OC(F)F)c43)cc2F)C[C@](C)(C#N)C1. The zero-order valence-electron chi connectivity index (χ0n) is 25.5. The molecule has 7 rings (SSSR count). The highest BCUT2D eigenvalue weighted by Gasteiger charge is 2.59. The molecule has 4 heterocycles. The van der Waals surface area contributed by atoms with Crippen molar-refractivity contribution in [3.63, 3.8) is 0 Å². The minimum Gasteiger partial charge on any atom is -0.598 e. The molecule has 3 aliphatic rings. The normalized spacial score (nSPS) is 25.7. The third-order valence-electron chi connectivity index (χ3n) is 9.09. The van der Waals surface area contributed by atoms with Crippen molar-refractivity contribution in [3.8, 4) is 22.9 Å². The maximum Gasteiger partial charge on any atom is 0.387 e. The van der Waals surface area contributed by atoms with Crippen LogP contribution in [0.3, 0.4) is 0 Å². The van der Waals surface area contributed by atoms with Gasteiger partial charge >= 0.3 is 6.61 Å². The van der Waals surface area contributed by atoms with E-state index in [2.05, 4.69) is 21.1 Å². The highest BCUT2D eigenvalue weighted by molar-refractivity contribution is 7.90. The van der Waals surface area contributed by atoms with Crippen LogP contribution in [0.4, 0.5) is 13.2 Å². The Morgan fingerprint density at radius 1 is 1.22 bits per heavy atom. The first-order valence-corrected chi connectivity index (χ1v) is 16.0. The number of hydrogen-bond donors (Lipinski definition) is 2. The largest absolute Gasteiger partial charge is 0.598 e. The number of pyridine rings is 1. The Hall–Kier alpha value is -4.12. The number of benzene rings is 2. The summed E-state index contributed by atoms with van der Waals surface area (Å²) in [5.41, 5.74) is 1.40. The van der Waals surface area contributed by atoms with E-state index in [9.17, 15) is 23.4 Å². The average molecular weight is 649 g/mol. The number of amides is 1. The van der Waals surface area contributed by atoms with Gasteiger partial charge in [0.15, 0.2) is 0 Å². The second kappa shape index (κ2) is 10.4. The lowest BCUT2D eigenvalue weighted by atomic mass is 9.58. The van der Waals surface area contributed by atoms with E-state index in [1.807, 2.05) is 31.4 Å². The third-order valence-corrected chi connectivity index (χ3v) is 10.8. The summed E-state index contributed by atoms with van der Waals surface area (Å²) < 4.78 is 65.1. The molecule has 0 spiro atoms. The summed E-state index contributed by atoms with van der Waals surface area (Å²) in [6, 6.07) is 12.7. The molecule has 2 aliphatic heterocycles. The van der Waals surface area contributed by atoms with Crippen molar-refractivity contribution in [2.75, 3.05) is 0 Å². The van der Waals surface area contributed by atoms with E-state index in [0.717, 1.165) is 0 Å². The lowest BCUT2D eigenvalue weighted by Gasteiger charge is -2.50. The summed E-state index contributed by atoms with van der Waals surface area (Å²) in [5.74, 6) is -0.456. The Balaban J connectivity index is 1.29. The van der Waals surface area contributed by atoms with Crippen LogP contribution in [0, 0.1) is 22.6 Å². The van der Waals surface area contributed by atoms with Crippen LogP contribution >= 0.6 is 0 Å². The molecule has 1 fully saturated rings. The Morgan fingerprint density at radius 2 is 1.98 bits per heavy atom. The Labute approximate surface area is 266 Å². The number of nitrogens with one attached hydrogen (secondary N) is 2. The standard InChI is InChI=1S/C33H31F3N6O3S/c1-31(2,3)46(44)41-33(14-32(4,15-33)16-37)27-20(34)10-18(13-38-27)17-8-9-21-23(11-17)42-24-12-22(28(42)39-21)40-29(43)19-6-5-7-25(26(19)24)45-30(35)36/h5-11,13,22,24,30,41H,12,14-15H2,1-4H3,(H,40,43)/t22-,24-,32-,33+,46?/m1/s1. The van der Waals surface area contributed by atoms with Crippen molar-refractivity contribution < 1.29 is 27.3 Å². The smallest absolute Gasteiger partial charge is 0.387 e. The first-order chi connectivity index (χ1) is 21.7. The summed E-state index contributed by atoms with van der Waals surface area (Å²) in [4.78, 5) is 22.3. The number of hydrogen-bond acceptors (Lipinski definition) is 7. The molecule has 13 heteroatoms. The van der Waals surface area contributed by atoms with E-state index >= 15 is 4.39 Å². The molecular weight excluding hydrogens is 617 g/mol. The number of rotatable bonds is 6. The predicted molar refractivity (Wildman–Crippen MR) is 165 cm³/mol. The highest BCUT2D eigenvalue weighted by atomic mass is 32.2. The van der Waals surface area contributed by atoms with E-state index in [4.69, 9.17) is 9.72 Å². The summed E-state index contributed by atoms with van der Waals surface area (Å²) in [7, 11) is 0. The second-order valence-electron chi connectivity index (χ2n) is 13.6. The molecule has 2 N–H and O–H groups in total. The number of nitriles is 1. The molecule has 0 saturated heterocycles. The van der Waals surface area contributed by atoms with Gasteiger partial charge in [0.05, 0.1) is 34.6 Å². The molecule has 1 aliphatic carbocycles. The number of halogens is 3. The maximum atomic E-state index is 16.0. The fraction of sp³-hybridized carbons (Fsp3) is 0.394. The number of carbonyl (C=O) groups excluding carboxylic acids is 1. The van der Waals surface area contributed by atoms with Gasteiger partial charge in [0.2, 0.25) is 0 Å². The fourth-order valence-electron chi connectivity index (χ4n) is 7.12. The summed E-state index contributed by atoms with van der Waals surface area (Å²) in [6.45, 7) is 4.18. The molecule has 2 aromatic carbocycles. The van der Waals surface area contributed by atoms with E-state index in [-0.39, 0.29) is 35.8 Å². The van der Waals surface area contributed by atoms with Gasteiger partial charge in [-0.3, -0.25) is 9.78 Å². The molecule has 4 aromatic rings. The van der Waals surface area contributed by atoms with Crippen LogP contribution < -0.4 is 14.8 Å². The zero-order chi connectivity index (χ0) is 32.8. The van der Waals surface area contributed by atoms with Gasteiger partial charge in [-0.25, -0.2) is 9.37 Å². The van der Waals surface area contributed by atoms with Crippen molar-refractivity contribution in [2.24, 2.45) is 5.41 Å². The van der Waals surface area contributed by atoms with Gasteiger partial charge < -0.3 is 19.2 Å². The van der Waals surface area contributed by atoms with Gasteiger partial charge in [0.1, 0.15) is 33.4 Å². The monoisotopic (exact) mass is 648 g/mol. The molecule has 9 nitrogen and oxygen atoms in total. The minimum absolute atomic E-state index is 0.0700. The van der Waals surface area contributed by atoms with Crippen molar-refractivity contribution in [1.82, 2.24) is 24.6 Å². The molecule has 46 heavy (non-hydrogen) atoms. The van der Waals surface area contributed by atoms with E-state index in [1.54, 1.807) is 31.3 Å². The first-order valence-electron chi connectivity index (χ1n) is 14.9. The van der Waals surface area contributed by atoms with Crippen LogP contribution in [0.5, 0.6) is 5.75 Å². The van der Waals surface area contributed by atoms with Crippen molar-refractivity contribution in [2.45, 2.75) is 75.9 Å². The Bertz CT molecular complexity index is 1950. The zero-order valence-corrected chi connectivity index (χ0v) is 26.3. The summed E-state index contributed by atoms with van der Waals surface area (Å²) in [5, 5.41) is 12.6. The van der Waals surface area contributed by atoms with Gasteiger partial charge in [-0.1, -0.05) is 12.1 Å². The molecule has 2 aromatic heterocycles. The Kier molecular flexibility index (Phi) is 6.94. The molecule has 1 unspecified atom stereocenters. The lowest BCUT2D eigenvalue weighted by molar-refractivity contribution is -0.0507. The topological polar surface area (TPSA) is 128 Å². The van der Waals surface area contributed by atoms with E-state index < -0.39 is 51.6 Å². The third kappa shape index (κ3) is 4.82. The minimum atomic E-state index is -3.07. The van der Waals surface area contributed by atoms with Crippen LogP contribution in [0.2, 0.25) is 0 Å². The number of imidazole rings is 1. The summed E-state index contributed by atoms with van der Waals surface area (Å²) >= 11 is -1.53. The molecule has 0 radical (unpaired) electrons. The number of ether oxygens (including phenoxy) is 1. The quantitative estimate of drug-likeness (QED) is 0.239. The number of alkyl halides is 2. The van der Waals surface area contributed by atoms with Crippen molar-refractivity contribution >= 4 is 28.3 Å². The fourth-order valence-corrected chi connectivity index (χ4v) is 8.02. The maximum absolute atomic E-state index is 16.0. The summed E-state index contributed by atoms with van der Waals surface area (Å²) in [6.07, 6.45) is 2.48. The van der Waals surface area contributed by atoms with Gasteiger partial charge in [-0.05, 0) is 82.9 Å². The van der Waals surface area contributed by atoms with Gasteiger partial charge in [0, 0.05) is 34.2 Å². The molecule has 238 valence electrons. The second-order valence-corrected chi connectivity index (χ2v) is 15.5. The van der Waals surface area contributed by atoms with Gasteiger partial charge in [-0.15, -0.1) is 4.72 Å². The number of carbonyl (C=O) groups is 1. The van der Waals surface area contributed by atoms with Crippen molar-refractivity contribution in [3.05, 3.63) is 77.1 Å². The van der Waals surface area contributed by atoms with Crippen LogP contribution in [-0.2, 0) is 16.9 Å². The van der Waals surface area contributed by atoms with E-state index in [1.165, 1.54) is 18.2 Å². The average Bonchev–Trinajstić information content (AvgIpc) is 3.47. The Morgan fingerprint density at radius 3 is 2.65 bits per heavy atom. The molecule has 1 saturated carbocycles. The number of fused-ring (bicyclic) bond motifs is 9. The van der Waals surface area contributed by atoms with Gasteiger partial charge in [-0.2, -0.15) is 14.0 Å². The molecule has 1 amide bonds. The molecule has 2 bridgehead atoms. The number of nitrogens with zero attached hydrogens (tertiary/aromatic N) is 4. The van der Waals surface area contributed by atoms with Crippen LogP contribution in [0.1, 0.15) is 86.5 Å². The first kappa shape index (κ1) is 30.5. The predicted octanol–water partition coefficient (Wildman–Crippen LogP) is 6.19. The highest BCUT2D eigenvalue weighted by Crippen LogP contribution is 2.54. The van der Waals surface area contributed by atoms with Crippen molar-refractivity contribution in [1.29, 1.82) is 5.26 Å². The molecular formula is C33H31F3N6O3S. The molecule has 3 atom stereocenters. The van der Waals surface area contributed by atoms with Gasteiger partial charge in [0.25, 0.3) is 5.91 Å². The van der Waals surface area contributed by atoms with Crippen LogP contribution in [-0.4, -0.2) is 36.4 Å². The van der Waals surface area contributed by atoms with Crippen LogP contribution in [0.25, 0.3) is 22.2 Å². The lowest BCUT2D eigenvalue weighted by Crippen LogP contribution is -2.61. The number of aromatic nitrogens is 3. The van der Waals surface area contributed by atoms with E-state index in [0.29, 0.717) is 40.0 Å².